The van der Waals surface area contributed by atoms with Gasteiger partial charge in [0.05, 0.1) is 25.0 Å². The summed E-state index contributed by atoms with van der Waals surface area (Å²) in [6, 6.07) is 7.96. The standard InChI is InChI=1S/C13H19NO2/c1-10-7-8-11(16-10)9-14-12-5-3-4-6-13(12)15-2/h3-6,10-11,14H,7-9H2,1-2H3. The average Bonchev–Trinajstić information content (AvgIpc) is 2.73. The van der Waals surface area contributed by atoms with Crippen LogP contribution < -0.4 is 10.1 Å². The Balaban J connectivity index is 1.89. The Morgan fingerprint density at radius 1 is 1.38 bits per heavy atom. The zero-order valence-corrected chi connectivity index (χ0v) is 9.90. The minimum Gasteiger partial charge on any atom is -0.495 e. The third-order valence-electron chi connectivity index (χ3n) is 2.95. The molecule has 1 aromatic rings. The van der Waals surface area contributed by atoms with Crippen LogP contribution in [0.2, 0.25) is 0 Å². The van der Waals surface area contributed by atoms with E-state index in [0.717, 1.165) is 30.8 Å². The summed E-state index contributed by atoms with van der Waals surface area (Å²) in [6.45, 7) is 2.98. The summed E-state index contributed by atoms with van der Waals surface area (Å²) in [5.74, 6) is 0.883. The predicted molar refractivity (Wildman–Crippen MR) is 65.1 cm³/mol. The number of hydrogen-bond acceptors (Lipinski definition) is 3. The van der Waals surface area contributed by atoms with E-state index in [2.05, 4.69) is 12.2 Å². The van der Waals surface area contributed by atoms with Crippen LogP contribution >= 0.6 is 0 Å². The molecular weight excluding hydrogens is 202 g/mol. The molecule has 0 amide bonds. The van der Waals surface area contributed by atoms with Gasteiger partial charge in [-0.2, -0.15) is 0 Å². The number of para-hydroxylation sites is 2. The second-order valence-electron chi connectivity index (χ2n) is 4.23. The molecule has 3 heteroatoms. The van der Waals surface area contributed by atoms with Crippen molar-refractivity contribution in [3.8, 4) is 5.75 Å². The summed E-state index contributed by atoms with van der Waals surface area (Å²) in [4.78, 5) is 0. The average molecular weight is 221 g/mol. The summed E-state index contributed by atoms with van der Waals surface area (Å²) < 4.78 is 11.0. The van der Waals surface area contributed by atoms with Crippen LogP contribution in [0.4, 0.5) is 5.69 Å². The first-order chi connectivity index (χ1) is 7.79. The summed E-state index contributed by atoms with van der Waals surface area (Å²) >= 11 is 0. The van der Waals surface area contributed by atoms with Gasteiger partial charge < -0.3 is 14.8 Å². The van der Waals surface area contributed by atoms with Gasteiger partial charge >= 0.3 is 0 Å². The van der Waals surface area contributed by atoms with Crippen molar-refractivity contribution in [1.29, 1.82) is 0 Å². The zero-order chi connectivity index (χ0) is 11.4. The summed E-state index contributed by atoms with van der Waals surface area (Å²) in [6.07, 6.45) is 3.05. The Kier molecular flexibility index (Phi) is 3.67. The van der Waals surface area contributed by atoms with Crippen molar-refractivity contribution in [1.82, 2.24) is 0 Å². The summed E-state index contributed by atoms with van der Waals surface area (Å²) in [7, 11) is 1.69. The van der Waals surface area contributed by atoms with E-state index in [1.807, 2.05) is 24.3 Å². The van der Waals surface area contributed by atoms with E-state index in [4.69, 9.17) is 9.47 Å². The molecule has 0 radical (unpaired) electrons. The fourth-order valence-electron chi connectivity index (χ4n) is 2.05. The molecule has 2 rings (SSSR count). The first-order valence-electron chi connectivity index (χ1n) is 5.82. The third kappa shape index (κ3) is 2.67. The number of anilines is 1. The lowest BCUT2D eigenvalue weighted by Gasteiger charge is -2.15. The van der Waals surface area contributed by atoms with Crippen molar-refractivity contribution in [2.45, 2.75) is 32.0 Å². The second kappa shape index (κ2) is 5.21. The van der Waals surface area contributed by atoms with Gasteiger partial charge in [-0.25, -0.2) is 0 Å². The summed E-state index contributed by atoms with van der Waals surface area (Å²) in [5.41, 5.74) is 1.04. The van der Waals surface area contributed by atoms with E-state index in [1.54, 1.807) is 7.11 Å². The van der Waals surface area contributed by atoms with Gasteiger partial charge in [-0.1, -0.05) is 12.1 Å². The second-order valence-corrected chi connectivity index (χ2v) is 4.23. The van der Waals surface area contributed by atoms with Crippen LogP contribution in [0.25, 0.3) is 0 Å². The summed E-state index contributed by atoms with van der Waals surface area (Å²) in [5, 5.41) is 3.38. The molecule has 0 bridgehead atoms. The van der Waals surface area contributed by atoms with Crippen LogP contribution in [0.1, 0.15) is 19.8 Å². The lowest BCUT2D eigenvalue weighted by atomic mass is 10.2. The van der Waals surface area contributed by atoms with Crippen molar-refractivity contribution in [2.75, 3.05) is 19.0 Å². The van der Waals surface area contributed by atoms with Crippen molar-refractivity contribution in [2.24, 2.45) is 0 Å². The first kappa shape index (κ1) is 11.3. The van der Waals surface area contributed by atoms with Gasteiger partial charge in [0, 0.05) is 6.54 Å². The number of nitrogens with one attached hydrogen (secondary N) is 1. The highest BCUT2D eigenvalue weighted by Crippen LogP contribution is 2.25. The Morgan fingerprint density at radius 2 is 2.19 bits per heavy atom. The lowest BCUT2D eigenvalue weighted by molar-refractivity contribution is 0.0637. The molecule has 3 nitrogen and oxygen atoms in total. The molecule has 1 fully saturated rings. The van der Waals surface area contributed by atoms with Gasteiger partial charge in [-0.3, -0.25) is 0 Å². The number of hydrogen-bond donors (Lipinski definition) is 1. The van der Waals surface area contributed by atoms with E-state index < -0.39 is 0 Å². The fourth-order valence-corrected chi connectivity index (χ4v) is 2.05. The van der Waals surface area contributed by atoms with Gasteiger partial charge in [0.15, 0.2) is 0 Å². The Labute approximate surface area is 96.8 Å². The van der Waals surface area contributed by atoms with E-state index in [1.165, 1.54) is 0 Å². The normalized spacial score (nSPS) is 24.4. The zero-order valence-electron chi connectivity index (χ0n) is 9.90. The quantitative estimate of drug-likeness (QED) is 0.848. The SMILES string of the molecule is COc1ccccc1NCC1CCC(C)O1. The van der Waals surface area contributed by atoms with Crippen molar-refractivity contribution in [3.05, 3.63) is 24.3 Å². The molecule has 1 saturated heterocycles. The number of rotatable bonds is 4. The van der Waals surface area contributed by atoms with Crippen LogP contribution in [0.3, 0.4) is 0 Å². The number of ether oxygens (including phenoxy) is 2. The predicted octanol–water partition coefficient (Wildman–Crippen LogP) is 2.67. The molecule has 0 saturated carbocycles. The van der Waals surface area contributed by atoms with Crippen molar-refractivity contribution >= 4 is 5.69 Å². The third-order valence-corrected chi connectivity index (χ3v) is 2.95. The maximum atomic E-state index is 5.75. The van der Waals surface area contributed by atoms with Crippen LogP contribution in [0.5, 0.6) is 5.75 Å². The Hall–Kier alpha value is -1.22. The monoisotopic (exact) mass is 221 g/mol. The molecule has 0 aliphatic carbocycles. The van der Waals surface area contributed by atoms with E-state index in [-0.39, 0.29) is 0 Å². The van der Waals surface area contributed by atoms with Crippen molar-refractivity contribution in [3.63, 3.8) is 0 Å². The largest absolute Gasteiger partial charge is 0.495 e. The van der Waals surface area contributed by atoms with Gasteiger partial charge in [0.2, 0.25) is 0 Å². The molecule has 0 spiro atoms. The highest BCUT2D eigenvalue weighted by Gasteiger charge is 2.21. The van der Waals surface area contributed by atoms with E-state index in [0.29, 0.717) is 12.2 Å². The van der Waals surface area contributed by atoms with Crippen LogP contribution in [0.15, 0.2) is 24.3 Å². The Bertz CT molecular complexity index is 340. The molecule has 88 valence electrons. The van der Waals surface area contributed by atoms with Crippen LogP contribution in [0, 0.1) is 0 Å². The molecular formula is C13H19NO2. The van der Waals surface area contributed by atoms with Crippen LogP contribution in [-0.2, 0) is 4.74 Å². The molecule has 1 aliphatic heterocycles. The molecule has 0 aromatic heterocycles. The molecule has 2 unspecified atom stereocenters. The van der Waals surface area contributed by atoms with Gasteiger partial charge in [0.1, 0.15) is 5.75 Å². The molecule has 16 heavy (non-hydrogen) atoms. The van der Waals surface area contributed by atoms with Gasteiger partial charge in [-0.05, 0) is 31.9 Å². The highest BCUT2D eigenvalue weighted by atomic mass is 16.5. The van der Waals surface area contributed by atoms with E-state index >= 15 is 0 Å². The smallest absolute Gasteiger partial charge is 0.141 e. The maximum Gasteiger partial charge on any atom is 0.141 e. The minimum atomic E-state index is 0.333. The topological polar surface area (TPSA) is 30.5 Å². The lowest BCUT2D eigenvalue weighted by Crippen LogP contribution is -2.19. The van der Waals surface area contributed by atoms with Crippen molar-refractivity contribution < 1.29 is 9.47 Å². The van der Waals surface area contributed by atoms with Gasteiger partial charge in [-0.15, -0.1) is 0 Å². The Morgan fingerprint density at radius 3 is 2.88 bits per heavy atom. The minimum absolute atomic E-state index is 0.333. The molecule has 1 heterocycles. The molecule has 2 atom stereocenters. The first-order valence-corrected chi connectivity index (χ1v) is 5.82. The van der Waals surface area contributed by atoms with E-state index in [9.17, 15) is 0 Å². The van der Waals surface area contributed by atoms with Crippen LogP contribution in [-0.4, -0.2) is 25.9 Å². The number of benzene rings is 1. The molecule has 1 aromatic carbocycles. The fraction of sp³-hybridized carbons (Fsp3) is 0.538. The molecule has 1 aliphatic rings. The highest BCUT2D eigenvalue weighted by molar-refractivity contribution is 5.56. The maximum absolute atomic E-state index is 5.75. The molecule has 1 N–H and O–H groups in total. The van der Waals surface area contributed by atoms with Gasteiger partial charge in [0.25, 0.3) is 0 Å². The number of methoxy groups -OCH3 is 1.